The number of aromatic nitrogens is 3. The highest BCUT2D eigenvalue weighted by molar-refractivity contribution is 9.10. The molecule has 3 aromatic rings. The van der Waals surface area contributed by atoms with Crippen LogP contribution in [0.15, 0.2) is 41.0 Å². The van der Waals surface area contributed by atoms with Gasteiger partial charge >= 0.3 is 0 Å². The van der Waals surface area contributed by atoms with Gasteiger partial charge in [0.05, 0.1) is 16.4 Å². The molecule has 2 N–H and O–H groups in total. The Morgan fingerprint density at radius 1 is 1.22 bits per heavy atom. The van der Waals surface area contributed by atoms with Crippen LogP contribution < -0.4 is 5.73 Å². The van der Waals surface area contributed by atoms with Crippen LogP contribution in [0.4, 0.5) is 5.82 Å². The van der Waals surface area contributed by atoms with Gasteiger partial charge in [-0.05, 0) is 28.1 Å². The van der Waals surface area contributed by atoms with E-state index >= 15 is 0 Å². The molecule has 0 bridgehead atoms. The highest BCUT2D eigenvalue weighted by atomic mass is 79.9. The first-order valence-corrected chi connectivity index (χ1v) is 6.38. The first-order chi connectivity index (χ1) is 8.65. The molecule has 0 fully saturated rings. The number of hydrogen-bond acceptors (Lipinski definition) is 3. The minimum atomic E-state index is 0.538. The van der Waals surface area contributed by atoms with E-state index in [2.05, 4.69) is 26.0 Å². The highest BCUT2D eigenvalue weighted by Crippen LogP contribution is 2.25. The SMILES string of the molecule is Nc1cc(-c2ccc(Cl)cc2)nc2c(Br)cnn12. The molecule has 0 saturated heterocycles. The second-order valence-electron chi connectivity index (χ2n) is 3.80. The lowest BCUT2D eigenvalue weighted by atomic mass is 10.1. The summed E-state index contributed by atoms with van der Waals surface area (Å²) in [6.07, 6.45) is 1.67. The zero-order chi connectivity index (χ0) is 12.7. The molecule has 2 aromatic heterocycles. The lowest BCUT2D eigenvalue weighted by Gasteiger charge is -2.05. The molecule has 2 heterocycles. The Morgan fingerprint density at radius 3 is 2.67 bits per heavy atom. The maximum atomic E-state index is 5.95. The molecule has 0 radical (unpaired) electrons. The van der Waals surface area contributed by atoms with Crippen LogP contribution in [0.1, 0.15) is 0 Å². The number of nitrogen functional groups attached to an aromatic ring is 1. The van der Waals surface area contributed by atoms with E-state index in [1.807, 2.05) is 24.3 Å². The number of rotatable bonds is 1. The molecule has 0 aliphatic heterocycles. The molecule has 4 nitrogen and oxygen atoms in total. The second-order valence-corrected chi connectivity index (χ2v) is 5.09. The summed E-state index contributed by atoms with van der Waals surface area (Å²) in [4.78, 5) is 4.53. The smallest absolute Gasteiger partial charge is 0.172 e. The molecule has 0 saturated carbocycles. The van der Waals surface area contributed by atoms with Gasteiger partial charge in [-0.25, -0.2) is 4.98 Å². The number of benzene rings is 1. The van der Waals surface area contributed by atoms with Gasteiger partial charge in [-0.15, -0.1) is 0 Å². The van der Waals surface area contributed by atoms with Gasteiger partial charge in [0, 0.05) is 16.7 Å². The monoisotopic (exact) mass is 322 g/mol. The molecule has 3 rings (SSSR count). The number of anilines is 1. The number of fused-ring (bicyclic) bond motifs is 1. The largest absolute Gasteiger partial charge is 0.384 e. The van der Waals surface area contributed by atoms with Crippen LogP contribution in [0.2, 0.25) is 5.02 Å². The summed E-state index contributed by atoms with van der Waals surface area (Å²) < 4.78 is 2.40. The quantitative estimate of drug-likeness (QED) is 0.747. The van der Waals surface area contributed by atoms with E-state index in [9.17, 15) is 0 Å². The molecule has 0 spiro atoms. The molecule has 90 valence electrons. The van der Waals surface area contributed by atoms with Crippen LogP contribution in [0, 0.1) is 0 Å². The molecule has 18 heavy (non-hydrogen) atoms. The fraction of sp³-hybridized carbons (Fsp3) is 0. The molecule has 0 amide bonds. The summed E-state index contributed by atoms with van der Waals surface area (Å²) in [5.41, 5.74) is 8.40. The van der Waals surface area contributed by atoms with Crippen molar-refractivity contribution in [2.45, 2.75) is 0 Å². The van der Waals surface area contributed by atoms with Crippen LogP contribution in [-0.4, -0.2) is 14.6 Å². The van der Waals surface area contributed by atoms with E-state index < -0.39 is 0 Å². The van der Waals surface area contributed by atoms with Crippen molar-refractivity contribution in [3.8, 4) is 11.3 Å². The summed E-state index contributed by atoms with van der Waals surface area (Å²) >= 11 is 9.26. The molecule has 6 heteroatoms. The average molecular weight is 324 g/mol. The fourth-order valence-corrected chi connectivity index (χ4v) is 2.20. The van der Waals surface area contributed by atoms with Gasteiger partial charge in [0.15, 0.2) is 5.65 Å². The van der Waals surface area contributed by atoms with Gasteiger partial charge in [-0.1, -0.05) is 23.7 Å². The van der Waals surface area contributed by atoms with Gasteiger partial charge in [0.25, 0.3) is 0 Å². The molecule has 1 aromatic carbocycles. The van der Waals surface area contributed by atoms with Crippen molar-refractivity contribution in [1.82, 2.24) is 14.6 Å². The van der Waals surface area contributed by atoms with Gasteiger partial charge in [-0.2, -0.15) is 9.61 Å². The number of hydrogen-bond donors (Lipinski definition) is 1. The van der Waals surface area contributed by atoms with E-state index in [1.165, 1.54) is 0 Å². The molecular weight excluding hydrogens is 316 g/mol. The van der Waals surface area contributed by atoms with Gasteiger partial charge in [-0.3, -0.25) is 0 Å². The van der Waals surface area contributed by atoms with E-state index in [0.717, 1.165) is 15.7 Å². The maximum Gasteiger partial charge on any atom is 0.172 e. The van der Waals surface area contributed by atoms with Crippen molar-refractivity contribution in [1.29, 1.82) is 0 Å². The van der Waals surface area contributed by atoms with Crippen molar-refractivity contribution in [2.24, 2.45) is 0 Å². The number of halogens is 2. The fourth-order valence-electron chi connectivity index (χ4n) is 1.73. The zero-order valence-electron chi connectivity index (χ0n) is 9.14. The Balaban J connectivity index is 2.23. The predicted molar refractivity (Wildman–Crippen MR) is 75.5 cm³/mol. The summed E-state index contributed by atoms with van der Waals surface area (Å²) in [5, 5.41) is 4.82. The molecule has 0 unspecified atom stereocenters. The van der Waals surface area contributed by atoms with Crippen molar-refractivity contribution in [3.05, 3.63) is 46.0 Å². The Morgan fingerprint density at radius 2 is 1.94 bits per heavy atom. The van der Waals surface area contributed by atoms with Gasteiger partial charge in [0.2, 0.25) is 0 Å². The maximum absolute atomic E-state index is 5.95. The summed E-state index contributed by atoms with van der Waals surface area (Å²) in [7, 11) is 0. The Kier molecular flexibility index (Phi) is 2.72. The summed E-state index contributed by atoms with van der Waals surface area (Å²) in [6, 6.07) is 9.25. The predicted octanol–water partition coefficient (Wildman–Crippen LogP) is 3.39. The molecular formula is C12H8BrClN4. The lowest BCUT2D eigenvalue weighted by molar-refractivity contribution is 0.954. The third-order valence-electron chi connectivity index (χ3n) is 2.60. The van der Waals surface area contributed by atoms with Crippen LogP contribution in [-0.2, 0) is 0 Å². The van der Waals surface area contributed by atoms with E-state index in [-0.39, 0.29) is 0 Å². The van der Waals surface area contributed by atoms with Gasteiger partial charge < -0.3 is 5.73 Å². The average Bonchev–Trinajstić information content (AvgIpc) is 2.73. The van der Waals surface area contributed by atoms with E-state index in [1.54, 1.807) is 16.8 Å². The molecule has 0 aliphatic carbocycles. The number of nitrogens with zero attached hydrogens (tertiary/aromatic N) is 3. The van der Waals surface area contributed by atoms with E-state index in [4.69, 9.17) is 17.3 Å². The third kappa shape index (κ3) is 1.85. The lowest BCUT2D eigenvalue weighted by Crippen LogP contribution is -2.01. The summed E-state index contributed by atoms with van der Waals surface area (Å²) in [6.45, 7) is 0. The van der Waals surface area contributed by atoms with Crippen LogP contribution >= 0.6 is 27.5 Å². The van der Waals surface area contributed by atoms with Crippen LogP contribution in [0.25, 0.3) is 16.9 Å². The van der Waals surface area contributed by atoms with Crippen LogP contribution in [0.5, 0.6) is 0 Å². The topological polar surface area (TPSA) is 56.2 Å². The minimum Gasteiger partial charge on any atom is -0.384 e. The second kappa shape index (κ2) is 4.26. The van der Waals surface area contributed by atoms with Crippen molar-refractivity contribution in [2.75, 3.05) is 5.73 Å². The normalized spacial score (nSPS) is 11.0. The first-order valence-electron chi connectivity index (χ1n) is 5.21. The molecule has 0 aliphatic rings. The summed E-state index contributed by atoms with van der Waals surface area (Å²) in [5.74, 6) is 0.538. The zero-order valence-corrected chi connectivity index (χ0v) is 11.5. The van der Waals surface area contributed by atoms with Crippen molar-refractivity contribution < 1.29 is 0 Å². The highest BCUT2D eigenvalue weighted by Gasteiger charge is 2.09. The number of nitrogens with two attached hydrogens (primary N) is 1. The third-order valence-corrected chi connectivity index (χ3v) is 3.41. The first kappa shape index (κ1) is 11.5. The van der Waals surface area contributed by atoms with Crippen molar-refractivity contribution in [3.63, 3.8) is 0 Å². The Hall–Kier alpha value is -1.59. The Bertz CT molecular complexity index is 721. The molecule has 0 atom stereocenters. The van der Waals surface area contributed by atoms with E-state index in [0.29, 0.717) is 16.5 Å². The van der Waals surface area contributed by atoms with Crippen molar-refractivity contribution >= 4 is 39.0 Å². The van der Waals surface area contributed by atoms with Gasteiger partial charge in [0.1, 0.15) is 5.82 Å². The Labute approximate surface area is 117 Å². The van der Waals surface area contributed by atoms with Crippen LogP contribution in [0.3, 0.4) is 0 Å². The minimum absolute atomic E-state index is 0.538. The standard InChI is InChI=1S/C12H8BrClN4/c13-9-6-16-18-11(15)5-10(17-12(9)18)7-1-3-8(14)4-2-7/h1-6H,15H2.